The van der Waals surface area contributed by atoms with Gasteiger partial charge in [0.2, 0.25) is 5.78 Å². The lowest BCUT2D eigenvalue weighted by atomic mass is 10.0. The summed E-state index contributed by atoms with van der Waals surface area (Å²) >= 11 is 0. The molecule has 3 aromatic carbocycles. The van der Waals surface area contributed by atoms with Crippen LogP contribution in [0, 0.1) is 6.92 Å². The Morgan fingerprint density at radius 2 is 1.42 bits per heavy atom. The number of nitrogens with zero attached hydrogens (tertiary/aromatic N) is 1. The zero-order chi connectivity index (χ0) is 23.1. The number of hydrogen-bond donors (Lipinski definition) is 1. The van der Waals surface area contributed by atoms with Gasteiger partial charge in [-0.15, -0.1) is 0 Å². The quantitative estimate of drug-likeness (QED) is 0.244. The van der Waals surface area contributed by atoms with Crippen LogP contribution in [0.25, 0.3) is 32.7 Å². The minimum Gasteiger partial charge on any atom is -0.453 e. The largest absolute Gasteiger partial charge is 0.453 e. The number of ketones is 1. The molecule has 5 aromatic rings. The highest BCUT2D eigenvalue weighted by molar-refractivity contribution is 6.11. The van der Waals surface area contributed by atoms with Gasteiger partial charge in [0.25, 0.3) is 0 Å². The first kappa shape index (κ1) is 20.7. The summed E-state index contributed by atoms with van der Waals surface area (Å²) in [5, 5.41) is 1.87. The van der Waals surface area contributed by atoms with E-state index in [2.05, 4.69) is 4.98 Å². The highest BCUT2D eigenvalue weighted by Gasteiger charge is 2.25. The topological polar surface area (TPSA) is 81.2 Å². The fraction of sp³-hybridized carbons (Fsp3) is 0.148. The molecule has 5 rings (SSSR count). The number of fused-ring (bicyclic) bond motifs is 3. The molecule has 0 aliphatic carbocycles. The first-order chi connectivity index (χ1) is 16.0. The number of ether oxygens (including phenoxy) is 1. The van der Waals surface area contributed by atoms with Crippen molar-refractivity contribution in [2.75, 3.05) is 0 Å². The van der Waals surface area contributed by atoms with Gasteiger partial charge in [-0.2, -0.15) is 0 Å². The van der Waals surface area contributed by atoms with Crippen molar-refractivity contribution in [2.24, 2.45) is 0 Å². The molecule has 0 amide bonds. The number of benzene rings is 3. The van der Waals surface area contributed by atoms with Crippen LogP contribution >= 0.6 is 0 Å². The molecule has 164 valence electrons. The molecule has 0 spiro atoms. The third-order valence-corrected chi connectivity index (χ3v) is 5.98. The maximum Gasteiger partial charge on any atom is 0.326 e. The van der Waals surface area contributed by atoms with Gasteiger partial charge in [-0.1, -0.05) is 42.5 Å². The Hall–Kier alpha value is -4.19. The lowest BCUT2D eigenvalue weighted by molar-refractivity contribution is -0.146. The molecule has 0 saturated heterocycles. The second kappa shape index (κ2) is 8.06. The van der Waals surface area contributed by atoms with Gasteiger partial charge in [-0.25, -0.2) is 0 Å². The SMILES string of the molecule is Cc1[nH]c2ccccc2c1C(=O)C(C)OC(=O)Cn1c2ccccc2c(=O)c2ccccc21. The second-order valence-electron chi connectivity index (χ2n) is 8.12. The first-order valence-corrected chi connectivity index (χ1v) is 10.8. The van der Waals surface area contributed by atoms with E-state index < -0.39 is 12.1 Å². The summed E-state index contributed by atoms with van der Waals surface area (Å²) < 4.78 is 7.34. The summed E-state index contributed by atoms with van der Waals surface area (Å²) in [5.41, 5.74) is 3.34. The Bertz CT molecular complexity index is 1550. The Morgan fingerprint density at radius 3 is 2.06 bits per heavy atom. The van der Waals surface area contributed by atoms with Gasteiger partial charge in [-0.3, -0.25) is 14.4 Å². The van der Waals surface area contributed by atoms with Crippen molar-refractivity contribution in [1.29, 1.82) is 0 Å². The fourth-order valence-corrected chi connectivity index (χ4v) is 4.46. The molecule has 2 aromatic heterocycles. The zero-order valence-corrected chi connectivity index (χ0v) is 18.3. The molecule has 0 aliphatic rings. The molecule has 1 N–H and O–H groups in total. The number of rotatable bonds is 5. The Labute approximate surface area is 189 Å². The molecule has 0 saturated carbocycles. The fourth-order valence-electron chi connectivity index (χ4n) is 4.46. The first-order valence-electron chi connectivity index (χ1n) is 10.8. The van der Waals surface area contributed by atoms with Gasteiger partial charge in [-0.05, 0) is 44.2 Å². The number of aromatic amines is 1. The van der Waals surface area contributed by atoms with Crippen molar-refractivity contribution in [3.05, 3.63) is 94.3 Å². The molecule has 0 fully saturated rings. The van der Waals surface area contributed by atoms with E-state index >= 15 is 0 Å². The number of Topliss-reactive ketones (excluding diaryl/α,β-unsaturated/α-hetero) is 1. The van der Waals surface area contributed by atoms with E-state index in [4.69, 9.17) is 4.74 Å². The average Bonchev–Trinajstić information content (AvgIpc) is 3.16. The smallest absolute Gasteiger partial charge is 0.326 e. The van der Waals surface area contributed by atoms with Gasteiger partial charge in [0.1, 0.15) is 6.54 Å². The van der Waals surface area contributed by atoms with Crippen molar-refractivity contribution >= 4 is 44.5 Å². The van der Waals surface area contributed by atoms with Crippen LogP contribution in [-0.4, -0.2) is 27.4 Å². The third kappa shape index (κ3) is 3.49. The van der Waals surface area contributed by atoms with Crippen LogP contribution in [0.1, 0.15) is 23.0 Å². The molecule has 2 heterocycles. The normalized spacial score (nSPS) is 12.3. The van der Waals surface area contributed by atoms with E-state index in [0.29, 0.717) is 27.4 Å². The molecular formula is C27H22N2O4. The highest BCUT2D eigenvalue weighted by Crippen LogP contribution is 2.24. The third-order valence-electron chi connectivity index (χ3n) is 5.98. The minimum atomic E-state index is -0.952. The minimum absolute atomic E-state index is 0.0795. The van der Waals surface area contributed by atoms with Crippen molar-refractivity contribution < 1.29 is 14.3 Å². The van der Waals surface area contributed by atoms with Gasteiger partial charge >= 0.3 is 5.97 Å². The average molecular weight is 438 g/mol. The number of nitrogens with one attached hydrogen (secondary N) is 1. The van der Waals surface area contributed by atoms with E-state index in [1.807, 2.05) is 43.3 Å². The maximum atomic E-state index is 13.2. The second-order valence-corrected chi connectivity index (χ2v) is 8.12. The number of carbonyl (C=O) groups excluding carboxylic acids is 2. The number of pyridine rings is 1. The summed E-state index contributed by atoms with van der Waals surface area (Å²) in [7, 11) is 0. The zero-order valence-electron chi connectivity index (χ0n) is 18.3. The summed E-state index contributed by atoms with van der Waals surface area (Å²) in [4.78, 5) is 42.2. The van der Waals surface area contributed by atoms with E-state index in [1.165, 1.54) is 0 Å². The Kier molecular flexibility index (Phi) is 5.05. The van der Waals surface area contributed by atoms with Gasteiger partial charge in [0, 0.05) is 32.9 Å². The van der Waals surface area contributed by atoms with E-state index in [9.17, 15) is 14.4 Å². The van der Waals surface area contributed by atoms with Crippen LogP contribution in [0.3, 0.4) is 0 Å². The number of para-hydroxylation sites is 3. The predicted molar refractivity (Wildman–Crippen MR) is 129 cm³/mol. The number of H-pyrrole nitrogens is 1. The Balaban J connectivity index is 1.47. The lowest BCUT2D eigenvalue weighted by Crippen LogP contribution is -2.27. The summed E-state index contributed by atoms with van der Waals surface area (Å²) in [6.45, 7) is 3.30. The van der Waals surface area contributed by atoms with Crippen molar-refractivity contribution in [3.63, 3.8) is 0 Å². The summed E-state index contributed by atoms with van der Waals surface area (Å²) in [6.07, 6.45) is -0.952. The molecule has 6 nitrogen and oxygen atoms in total. The van der Waals surface area contributed by atoms with Crippen molar-refractivity contribution in [3.8, 4) is 0 Å². The molecule has 0 radical (unpaired) electrons. The molecule has 6 heteroatoms. The van der Waals surface area contributed by atoms with Gasteiger partial charge in [0.05, 0.1) is 11.0 Å². The predicted octanol–water partition coefficient (Wildman–Crippen LogP) is 4.76. The van der Waals surface area contributed by atoms with Crippen LogP contribution in [0.15, 0.2) is 77.6 Å². The number of aromatic nitrogens is 2. The van der Waals surface area contributed by atoms with Crippen LogP contribution in [-0.2, 0) is 16.1 Å². The van der Waals surface area contributed by atoms with Crippen LogP contribution in [0.4, 0.5) is 0 Å². The number of hydrogen-bond acceptors (Lipinski definition) is 4. The standard InChI is InChI=1S/C27H22N2O4/c1-16-25(18-9-3-6-12-21(18)28-16)26(31)17(2)33-24(30)15-29-22-13-7-4-10-19(22)27(32)20-11-5-8-14-23(20)29/h3-14,17,28H,15H2,1-2H3. The van der Waals surface area contributed by atoms with Gasteiger partial charge < -0.3 is 14.3 Å². The maximum absolute atomic E-state index is 13.2. The molecule has 1 atom stereocenters. The van der Waals surface area contributed by atoms with Crippen LogP contribution in [0.5, 0.6) is 0 Å². The lowest BCUT2D eigenvalue weighted by Gasteiger charge is -2.17. The highest BCUT2D eigenvalue weighted by atomic mass is 16.5. The monoisotopic (exact) mass is 438 g/mol. The van der Waals surface area contributed by atoms with E-state index in [1.54, 1.807) is 47.9 Å². The van der Waals surface area contributed by atoms with Crippen molar-refractivity contribution in [1.82, 2.24) is 9.55 Å². The molecule has 0 bridgehead atoms. The molecule has 0 aliphatic heterocycles. The summed E-state index contributed by atoms with van der Waals surface area (Å²) in [5.74, 6) is -0.805. The molecule has 33 heavy (non-hydrogen) atoms. The Morgan fingerprint density at radius 1 is 0.879 bits per heavy atom. The summed E-state index contributed by atoms with van der Waals surface area (Å²) in [6, 6.07) is 21.9. The number of carbonyl (C=O) groups is 2. The van der Waals surface area contributed by atoms with Crippen LogP contribution in [0.2, 0.25) is 0 Å². The molecular weight excluding hydrogens is 416 g/mol. The van der Waals surface area contributed by atoms with Crippen molar-refractivity contribution in [2.45, 2.75) is 26.5 Å². The number of aryl methyl sites for hydroxylation is 1. The van der Waals surface area contributed by atoms with E-state index in [0.717, 1.165) is 16.6 Å². The van der Waals surface area contributed by atoms with Crippen LogP contribution < -0.4 is 5.43 Å². The van der Waals surface area contributed by atoms with Gasteiger partial charge in [0.15, 0.2) is 11.5 Å². The molecule has 1 unspecified atom stereocenters. The number of esters is 1. The van der Waals surface area contributed by atoms with E-state index in [-0.39, 0.29) is 17.8 Å².